The number of hydrogen-bond donors (Lipinski definition) is 1. The van der Waals surface area contributed by atoms with E-state index in [-0.39, 0.29) is 5.91 Å². The zero-order valence-electron chi connectivity index (χ0n) is 18.6. The van der Waals surface area contributed by atoms with Crippen molar-refractivity contribution < 1.29 is 4.79 Å². The van der Waals surface area contributed by atoms with Crippen LogP contribution in [-0.2, 0) is 11.2 Å². The number of carbonyl (C=O) groups is 1. The van der Waals surface area contributed by atoms with Crippen LogP contribution in [0.5, 0.6) is 0 Å². The summed E-state index contributed by atoms with van der Waals surface area (Å²) < 4.78 is 2.27. The van der Waals surface area contributed by atoms with Gasteiger partial charge in [0.1, 0.15) is 0 Å². The average molecular weight is 430 g/mol. The standard InChI is InChI=1S/C26H27N3OS/c1-6-20-9-7-8-10-23(20)29-18(4)14-21(19(29)5)15-24-25(30)28-26(31-24)27-22-12-11-16(2)13-17(22)3/h7-15H,6H2,1-5H3,(H,27,28,30)/b24-15-. The van der Waals surface area contributed by atoms with Gasteiger partial charge in [0.25, 0.3) is 5.91 Å². The summed E-state index contributed by atoms with van der Waals surface area (Å²) in [5.74, 6) is -0.104. The molecular formula is C26H27N3OS. The first kappa shape index (κ1) is 21.2. The van der Waals surface area contributed by atoms with Gasteiger partial charge in [0.05, 0.1) is 10.6 Å². The molecule has 1 fully saturated rings. The fourth-order valence-electron chi connectivity index (χ4n) is 3.99. The number of rotatable bonds is 4. The minimum Gasteiger partial charge on any atom is -0.318 e. The lowest BCUT2D eigenvalue weighted by Crippen LogP contribution is -2.19. The summed E-state index contributed by atoms with van der Waals surface area (Å²) in [6, 6.07) is 16.7. The summed E-state index contributed by atoms with van der Waals surface area (Å²) in [5.41, 5.74) is 9.00. The van der Waals surface area contributed by atoms with Crippen LogP contribution in [0.3, 0.4) is 0 Å². The van der Waals surface area contributed by atoms with Crippen molar-refractivity contribution >= 4 is 34.6 Å². The van der Waals surface area contributed by atoms with Gasteiger partial charge in [-0.3, -0.25) is 4.79 Å². The topological polar surface area (TPSA) is 46.4 Å². The summed E-state index contributed by atoms with van der Waals surface area (Å²) >= 11 is 1.39. The fraction of sp³-hybridized carbons (Fsp3) is 0.231. The maximum Gasteiger partial charge on any atom is 0.264 e. The Morgan fingerprint density at radius 1 is 1.06 bits per heavy atom. The summed E-state index contributed by atoms with van der Waals surface area (Å²) in [5, 5.41) is 3.52. The van der Waals surface area contributed by atoms with E-state index in [0.717, 1.165) is 34.6 Å². The highest BCUT2D eigenvalue weighted by atomic mass is 32.2. The Morgan fingerprint density at radius 2 is 1.84 bits per heavy atom. The molecule has 2 heterocycles. The molecule has 0 saturated carbocycles. The SMILES string of the molecule is CCc1ccccc1-n1c(C)cc(/C=C2\SC(=Nc3ccc(C)cc3C)NC2=O)c1C. The summed E-state index contributed by atoms with van der Waals surface area (Å²) in [6.07, 6.45) is 2.94. The number of aromatic nitrogens is 1. The van der Waals surface area contributed by atoms with Crippen LogP contribution in [0.15, 0.2) is 58.4 Å². The lowest BCUT2D eigenvalue weighted by atomic mass is 10.1. The molecule has 0 unspecified atom stereocenters. The highest BCUT2D eigenvalue weighted by Gasteiger charge is 2.25. The van der Waals surface area contributed by atoms with E-state index in [1.54, 1.807) is 0 Å². The molecule has 0 spiro atoms. The molecule has 1 aliphatic heterocycles. The number of aryl methyl sites for hydroxylation is 4. The number of aliphatic imine (C=N–C) groups is 1. The van der Waals surface area contributed by atoms with Crippen LogP contribution in [0, 0.1) is 27.7 Å². The molecule has 0 aliphatic carbocycles. The Hall–Kier alpha value is -3.05. The van der Waals surface area contributed by atoms with Crippen LogP contribution in [-0.4, -0.2) is 15.6 Å². The summed E-state index contributed by atoms with van der Waals surface area (Å²) in [7, 11) is 0. The van der Waals surface area contributed by atoms with Crippen molar-refractivity contribution in [3.05, 3.63) is 87.1 Å². The molecule has 158 valence electrons. The van der Waals surface area contributed by atoms with Gasteiger partial charge in [-0.1, -0.05) is 42.8 Å². The monoisotopic (exact) mass is 429 g/mol. The second-order valence-corrected chi connectivity index (χ2v) is 8.95. The van der Waals surface area contributed by atoms with Gasteiger partial charge >= 0.3 is 0 Å². The van der Waals surface area contributed by atoms with E-state index in [9.17, 15) is 4.79 Å². The van der Waals surface area contributed by atoms with Crippen LogP contribution in [0.25, 0.3) is 11.8 Å². The quantitative estimate of drug-likeness (QED) is 0.505. The Bertz CT molecular complexity index is 1230. The molecule has 3 aromatic rings. The minimum atomic E-state index is -0.104. The number of amidine groups is 1. The van der Waals surface area contributed by atoms with E-state index in [4.69, 9.17) is 0 Å². The normalized spacial score (nSPS) is 16.4. The Labute approximate surface area is 188 Å². The number of hydrogen-bond acceptors (Lipinski definition) is 3. The van der Waals surface area contributed by atoms with Crippen molar-refractivity contribution in [3.63, 3.8) is 0 Å². The Balaban J connectivity index is 1.67. The van der Waals surface area contributed by atoms with Gasteiger partial charge in [0.2, 0.25) is 0 Å². The molecule has 31 heavy (non-hydrogen) atoms. The van der Waals surface area contributed by atoms with E-state index in [2.05, 4.69) is 79.0 Å². The molecule has 2 aromatic carbocycles. The average Bonchev–Trinajstić information content (AvgIpc) is 3.22. The van der Waals surface area contributed by atoms with Gasteiger partial charge in [-0.15, -0.1) is 0 Å². The third-order valence-electron chi connectivity index (χ3n) is 5.60. The van der Waals surface area contributed by atoms with Gasteiger partial charge < -0.3 is 9.88 Å². The zero-order valence-corrected chi connectivity index (χ0v) is 19.4. The summed E-state index contributed by atoms with van der Waals surface area (Å²) in [4.78, 5) is 17.9. The molecule has 0 radical (unpaired) electrons. The molecule has 1 aromatic heterocycles. The molecule has 5 heteroatoms. The lowest BCUT2D eigenvalue weighted by Gasteiger charge is -2.14. The zero-order chi connectivity index (χ0) is 22.1. The van der Waals surface area contributed by atoms with Gasteiger partial charge in [0.15, 0.2) is 5.17 Å². The molecule has 1 N–H and O–H groups in total. The predicted molar refractivity (Wildman–Crippen MR) is 131 cm³/mol. The van der Waals surface area contributed by atoms with Crippen molar-refractivity contribution in [2.24, 2.45) is 4.99 Å². The molecule has 4 nitrogen and oxygen atoms in total. The van der Waals surface area contributed by atoms with E-state index in [1.807, 2.05) is 25.1 Å². The first-order chi connectivity index (χ1) is 14.9. The van der Waals surface area contributed by atoms with E-state index in [1.165, 1.54) is 28.6 Å². The van der Waals surface area contributed by atoms with Crippen molar-refractivity contribution in [1.82, 2.24) is 9.88 Å². The maximum absolute atomic E-state index is 12.6. The minimum absolute atomic E-state index is 0.104. The van der Waals surface area contributed by atoms with Crippen LogP contribution >= 0.6 is 11.8 Å². The van der Waals surface area contributed by atoms with Crippen molar-refractivity contribution in [2.45, 2.75) is 41.0 Å². The van der Waals surface area contributed by atoms with E-state index in [0.29, 0.717) is 10.1 Å². The molecule has 1 amide bonds. The van der Waals surface area contributed by atoms with Gasteiger partial charge in [0, 0.05) is 17.1 Å². The smallest absolute Gasteiger partial charge is 0.264 e. The van der Waals surface area contributed by atoms with Crippen LogP contribution in [0.2, 0.25) is 0 Å². The summed E-state index contributed by atoms with van der Waals surface area (Å²) in [6.45, 7) is 10.5. The maximum atomic E-state index is 12.6. The largest absolute Gasteiger partial charge is 0.318 e. The number of carbonyl (C=O) groups excluding carboxylic acids is 1. The number of amides is 1. The third kappa shape index (κ3) is 4.23. The van der Waals surface area contributed by atoms with Gasteiger partial charge in [-0.05, 0) is 86.8 Å². The molecule has 0 bridgehead atoms. The lowest BCUT2D eigenvalue weighted by molar-refractivity contribution is -0.115. The van der Waals surface area contributed by atoms with Gasteiger partial charge in [-0.25, -0.2) is 4.99 Å². The van der Waals surface area contributed by atoms with Crippen molar-refractivity contribution in [3.8, 4) is 5.69 Å². The highest BCUT2D eigenvalue weighted by Crippen LogP contribution is 2.32. The highest BCUT2D eigenvalue weighted by molar-refractivity contribution is 8.18. The van der Waals surface area contributed by atoms with Crippen LogP contribution in [0.1, 0.15) is 40.6 Å². The first-order valence-corrected chi connectivity index (χ1v) is 11.3. The first-order valence-electron chi connectivity index (χ1n) is 10.5. The number of thioether (sulfide) groups is 1. The molecule has 4 rings (SSSR count). The molecule has 0 atom stereocenters. The number of nitrogens with one attached hydrogen (secondary N) is 1. The predicted octanol–water partition coefficient (Wildman–Crippen LogP) is 6.16. The third-order valence-corrected chi connectivity index (χ3v) is 6.51. The molecular weight excluding hydrogens is 402 g/mol. The van der Waals surface area contributed by atoms with Crippen molar-refractivity contribution in [1.29, 1.82) is 0 Å². The number of nitrogens with zero attached hydrogens (tertiary/aromatic N) is 2. The van der Waals surface area contributed by atoms with Crippen molar-refractivity contribution in [2.75, 3.05) is 0 Å². The number of benzene rings is 2. The van der Waals surface area contributed by atoms with Crippen LogP contribution < -0.4 is 5.32 Å². The second-order valence-electron chi connectivity index (χ2n) is 7.92. The van der Waals surface area contributed by atoms with E-state index >= 15 is 0 Å². The fourth-order valence-corrected chi connectivity index (χ4v) is 4.82. The van der Waals surface area contributed by atoms with Crippen LogP contribution in [0.4, 0.5) is 5.69 Å². The molecule has 1 aliphatic rings. The second kappa shape index (κ2) is 8.60. The Kier molecular flexibility index (Phi) is 5.88. The van der Waals surface area contributed by atoms with E-state index < -0.39 is 0 Å². The van der Waals surface area contributed by atoms with Gasteiger partial charge in [-0.2, -0.15) is 0 Å². The number of para-hydroxylation sites is 1. The Morgan fingerprint density at radius 3 is 2.58 bits per heavy atom. The molecule has 1 saturated heterocycles.